The van der Waals surface area contributed by atoms with Crippen molar-refractivity contribution in [2.24, 2.45) is 0 Å². The minimum Gasteiger partial charge on any atom is -0.321 e. The molecular weight excluding hydrogens is 311 g/mol. The molecule has 1 amide bonds. The molecule has 2 aromatic carbocycles. The molecule has 1 aromatic heterocycles. The highest BCUT2D eigenvalue weighted by molar-refractivity contribution is 7.20. The topological polar surface area (TPSA) is 29.1 Å². The van der Waals surface area contributed by atoms with Crippen molar-refractivity contribution in [3.63, 3.8) is 0 Å². The van der Waals surface area contributed by atoms with Crippen LogP contribution in [-0.2, 0) is 6.18 Å². The number of rotatable bonds is 2. The summed E-state index contributed by atoms with van der Waals surface area (Å²) < 4.78 is 38.7. The Morgan fingerprint density at radius 2 is 1.73 bits per heavy atom. The van der Waals surface area contributed by atoms with Gasteiger partial charge in [-0.1, -0.05) is 18.2 Å². The number of para-hydroxylation sites is 1. The second-order valence-corrected chi connectivity index (χ2v) is 5.76. The molecule has 0 aliphatic heterocycles. The maximum Gasteiger partial charge on any atom is 0.416 e. The van der Waals surface area contributed by atoms with E-state index in [2.05, 4.69) is 5.32 Å². The van der Waals surface area contributed by atoms with Gasteiger partial charge >= 0.3 is 6.18 Å². The number of anilines is 1. The third kappa shape index (κ3) is 2.96. The summed E-state index contributed by atoms with van der Waals surface area (Å²) in [5, 5.41) is 3.13. The number of amides is 1. The Kier molecular flexibility index (Phi) is 3.62. The third-order valence-corrected chi connectivity index (χ3v) is 4.21. The molecule has 0 saturated carbocycles. The Labute approximate surface area is 128 Å². The molecule has 3 aromatic rings. The van der Waals surface area contributed by atoms with E-state index in [1.165, 1.54) is 12.1 Å². The van der Waals surface area contributed by atoms with E-state index in [1.54, 1.807) is 24.3 Å². The minimum absolute atomic E-state index is 0.332. The lowest BCUT2D eigenvalue weighted by atomic mass is 10.1. The van der Waals surface area contributed by atoms with E-state index in [4.69, 9.17) is 0 Å². The van der Waals surface area contributed by atoms with Crippen LogP contribution in [0.15, 0.2) is 54.6 Å². The van der Waals surface area contributed by atoms with Gasteiger partial charge in [0, 0.05) is 10.4 Å². The fourth-order valence-electron chi connectivity index (χ4n) is 2.05. The summed E-state index contributed by atoms with van der Waals surface area (Å²) in [5.41, 5.74) is -0.0752. The Morgan fingerprint density at radius 1 is 1.00 bits per heavy atom. The molecule has 0 aliphatic rings. The summed E-state index contributed by atoms with van der Waals surface area (Å²) in [6.45, 7) is 0. The quantitative estimate of drug-likeness (QED) is 0.693. The Morgan fingerprint density at radius 3 is 2.41 bits per heavy atom. The van der Waals surface area contributed by atoms with Gasteiger partial charge in [0.25, 0.3) is 5.91 Å². The van der Waals surface area contributed by atoms with E-state index in [-0.39, 0.29) is 5.91 Å². The van der Waals surface area contributed by atoms with Gasteiger partial charge in [-0.3, -0.25) is 4.79 Å². The third-order valence-electron chi connectivity index (χ3n) is 3.10. The molecule has 0 aliphatic carbocycles. The van der Waals surface area contributed by atoms with Crippen molar-refractivity contribution in [1.29, 1.82) is 0 Å². The number of nitrogens with one attached hydrogen (secondary N) is 1. The maximum absolute atomic E-state index is 12.7. The lowest BCUT2D eigenvalue weighted by Crippen LogP contribution is -2.09. The fraction of sp³-hybridized carbons (Fsp3) is 0.0625. The fourth-order valence-corrected chi connectivity index (χ4v) is 2.98. The zero-order valence-electron chi connectivity index (χ0n) is 11.1. The summed E-state index contributed by atoms with van der Waals surface area (Å²) in [5.74, 6) is -0.332. The predicted molar refractivity (Wildman–Crippen MR) is 81.2 cm³/mol. The van der Waals surface area contributed by atoms with Gasteiger partial charge in [-0.25, -0.2) is 0 Å². The lowest BCUT2D eigenvalue weighted by molar-refractivity contribution is -0.137. The molecule has 0 spiro atoms. The minimum atomic E-state index is -4.39. The van der Waals surface area contributed by atoms with Crippen molar-refractivity contribution in [1.82, 2.24) is 0 Å². The van der Waals surface area contributed by atoms with Crippen molar-refractivity contribution in [3.05, 3.63) is 65.0 Å². The first kappa shape index (κ1) is 14.6. The summed E-state index contributed by atoms with van der Waals surface area (Å²) in [6.07, 6.45) is -4.39. The van der Waals surface area contributed by atoms with Gasteiger partial charge in [0.2, 0.25) is 0 Å². The number of carbonyl (C=O) groups is 1. The highest BCUT2D eigenvalue weighted by atomic mass is 32.1. The Hall–Kier alpha value is -2.34. The van der Waals surface area contributed by atoms with E-state index in [1.807, 2.05) is 6.07 Å². The van der Waals surface area contributed by atoms with Crippen LogP contribution in [0.2, 0.25) is 0 Å². The number of thiophene rings is 1. The van der Waals surface area contributed by atoms with Crippen LogP contribution in [0.1, 0.15) is 15.2 Å². The molecule has 22 heavy (non-hydrogen) atoms. The molecule has 0 bridgehead atoms. The zero-order chi connectivity index (χ0) is 15.7. The highest BCUT2D eigenvalue weighted by Crippen LogP contribution is 2.34. The van der Waals surface area contributed by atoms with Crippen LogP contribution in [0.25, 0.3) is 10.1 Å². The van der Waals surface area contributed by atoms with E-state index >= 15 is 0 Å². The number of halogens is 3. The zero-order valence-corrected chi connectivity index (χ0v) is 12.0. The molecule has 1 N–H and O–H groups in total. The van der Waals surface area contributed by atoms with Crippen LogP contribution < -0.4 is 5.32 Å². The van der Waals surface area contributed by atoms with Crippen molar-refractivity contribution in [3.8, 4) is 0 Å². The van der Waals surface area contributed by atoms with Crippen molar-refractivity contribution >= 4 is 33.0 Å². The van der Waals surface area contributed by atoms with Gasteiger partial charge in [-0.05, 0) is 41.8 Å². The van der Waals surface area contributed by atoms with Crippen LogP contribution >= 0.6 is 11.3 Å². The second-order valence-electron chi connectivity index (χ2n) is 4.68. The van der Waals surface area contributed by atoms with Crippen LogP contribution in [0.5, 0.6) is 0 Å². The maximum atomic E-state index is 12.7. The molecule has 0 fully saturated rings. The largest absolute Gasteiger partial charge is 0.416 e. The van der Waals surface area contributed by atoms with Gasteiger partial charge in [-0.15, -0.1) is 11.3 Å². The molecule has 0 saturated heterocycles. The van der Waals surface area contributed by atoms with E-state index in [0.29, 0.717) is 20.7 Å². The van der Waals surface area contributed by atoms with E-state index in [0.717, 1.165) is 23.5 Å². The SMILES string of the molecule is O=C(Nc1ccccc1)c1cc2cc(C(F)(F)F)ccc2s1. The van der Waals surface area contributed by atoms with Crippen LogP contribution in [-0.4, -0.2) is 5.91 Å². The molecule has 3 rings (SSSR count). The smallest absolute Gasteiger partial charge is 0.321 e. The number of carbonyl (C=O) groups excluding carboxylic acids is 1. The average molecular weight is 321 g/mol. The van der Waals surface area contributed by atoms with E-state index < -0.39 is 11.7 Å². The molecule has 112 valence electrons. The number of fused-ring (bicyclic) bond motifs is 1. The normalized spacial score (nSPS) is 11.6. The van der Waals surface area contributed by atoms with Gasteiger partial charge in [0.05, 0.1) is 10.4 Å². The number of hydrogen-bond donors (Lipinski definition) is 1. The van der Waals surface area contributed by atoms with Gasteiger partial charge < -0.3 is 5.32 Å². The average Bonchev–Trinajstić information content (AvgIpc) is 2.90. The van der Waals surface area contributed by atoms with Crippen molar-refractivity contribution < 1.29 is 18.0 Å². The standard InChI is InChI=1S/C16H10F3NOS/c17-16(18,19)11-6-7-13-10(8-11)9-14(22-13)15(21)20-12-4-2-1-3-5-12/h1-9H,(H,20,21). The Bertz CT molecular complexity index is 824. The summed E-state index contributed by atoms with van der Waals surface area (Å²) >= 11 is 1.16. The monoisotopic (exact) mass is 321 g/mol. The molecule has 0 atom stereocenters. The van der Waals surface area contributed by atoms with Gasteiger partial charge in [-0.2, -0.15) is 13.2 Å². The van der Waals surface area contributed by atoms with Crippen molar-refractivity contribution in [2.45, 2.75) is 6.18 Å². The van der Waals surface area contributed by atoms with Gasteiger partial charge in [0.1, 0.15) is 0 Å². The molecule has 1 heterocycles. The number of hydrogen-bond acceptors (Lipinski definition) is 2. The van der Waals surface area contributed by atoms with Crippen LogP contribution in [0, 0.1) is 0 Å². The lowest BCUT2D eigenvalue weighted by Gasteiger charge is -2.05. The Balaban J connectivity index is 1.90. The van der Waals surface area contributed by atoms with Crippen molar-refractivity contribution in [2.75, 3.05) is 5.32 Å². The highest BCUT2D eigenvalue weighted by Gasteiger charge is 2.30. The molecule has 0 radical (unpaired) electrons. The second kappa shape index (κ2) is 5.46. The van der Waals surface area contributed by atoms with Gasteiger partial charge in [0.15, 0.2) is 0 Å². The molecule has 2 nitrogen and oxygen atoms in total. The number of alkyl halides is 3. The van der Waals surface area contributed by atoms with E-state index in [9.17, 15) is 18.0 Å². The molecule has 6 heteroatoms. The number of benzene rings is 2. The summed E-state index contributed by atoms with van der Waals surface area (Å²) in [6, 6.07) is 13.8. The summed E-state index contributed by atoms with van der Waals surface area (Å²) in [7, 11) is 0. The summed E-state index contributed by atoms with van der Waals surface area (Å²) in [4.78, 5) is 12.5. The molecular formula is C16H10F3NOS. The first-order valence-electron chi connectivity index (χ1n) is 6.41. The van der Waals surface area contributed by atoms with Crippen LogP contribution in [0.4, 0.5) is 18.9 Å². The first-order valence-corrected chi connectivity index (χ1v) is 7.22. The first-order chi connectivity index (χ1) is 10.4. The van der Waals surface area contributed by atoms with Crippen LogP contribution in [0.3, 0.4) is 0 Å². The predicted octanol–water partition coefficient (Wildman–Crippen LogP) is 5.17. The molecule has 0 unspecified atom stereocenters.